The highest BCUT2D eigenvalue weighted by atomic mass is 16.5. The summed E-state index contributed by atoms with van der Waals surface area (Å²) in [6.07, 6.45) is 1.03. The molecule has 138 valence electrons. The molecule has 2 aliphatic rings. The van der Waals surface area contributed by atoms with Gasteiger partial charge in [-0.2, -0.15) is 0 Å². The Bertz CT molecular complexity index is 593. The lowest BCUT2D eigenvalue weighted by Crippen LogP contribution is -2.42. The van der Waals surface area contributed by atoms with E-state index in [1.807, 2.05) is 29.2 Å². The quantitative estimate of drug-likeness (QED) is 0.847. The zero-order valence-corrected chi connectivity index (χ0v) is 14.9. The summed E-state index contributed by atoms with van der Waals surface area (Å²) < 4.78 is 16.4. The summed E-state index contributed by atoms with van der Waals surface area (Å²) >= 11 is 0. The molecule has 0 aromatic heterocycles. The highest BCUT2D eigenvalue weighted by molar-refractivity contribution is 5.76. The number of aliphatic hydroxyl groups is 1. The molecule has 4 atom stereocenters. The van der Waals surface area contributed by atoms with Gasteiger partial charge in [-0.15, -0.1) is 0 Å². The third kappa shape index (κ3) is 4.07. The van der Waals surface area contributed by atoms with Gasteiger partial charge in [-0.3, -0.25) is 4.79 Å². The van der Waals surface area contributed by atoms with Crippen molar-refractivity contribution in [3.8, 4) is 11.5 Å². The van der Waals surface area contributed by atoms with E-state index in [9.17, 15) is 9.90 Å². The Morgan fingerprint density at radius 2 is 1.84 bits per heavy atom. The van der Waals surface area contributed by atoms with E-state index >= 15 is 0 Å². The molecule has 1 heterocycles. The molecule has 1 saturated heterocycles. The zero-order chi connectivity index (χ0) is 17.8. The molecule has 2 fully saturated rings. The normalized spacial score (nSPS) is 28.5. The van der Waals surface area contributed by atoms with Crippen LogP contribution in [0.4, 0.5) is 0 Å². The van der Waals surface area contributed by atoms with Crippen molar-refractivity contribution in [2.24, 2.45) is 11.8 Å². The van der Waals surface area contributed by atoms with Crippen molar-refractivity contribution >= 4 is 5.91 Å². The van der Waals surface area contributed by atoms with Crippen LogP contribution in [-0.4, -0.2) is 62.0 Å². The van der Waals surface area contributed by atoms with E-state index in [2.05, 4.69) is 0 Å². The molecule has 0 unspecified atom stereocenters. The van der Waals surface area contributed by atoms with Crippen LogP contribution in [0.15, 0.2) is 24.3 Å². The van der Waals surface area contributed by atoms with E-state index in [4.69, 9.17) is 14.2 Å². The van der Waals surface area contributed by atoms with Crippen LogP contribution in [0.25, 0.3) is 0 Å². The van der Waals surface area contributed by atoms with Crippen LogP contribution in [0.5, 0.6) is 11.5 Å². The van der Waals surface area contributed by atoms with Gasteiger partial charge in [-0.1, -0.05) is 12.1 Å². The molecular weight excluding hydrogens is 322 g/mol. The lowest BCUT2D eigenvalue weighted by Gasteiger charge is -2.35. The molecule has 1 N–H and O–H groups in total. The second-order valence-electron chi connectivity index (χ2n) is 6.91. The van der Waals surface area contributed by atoms with Gasteiger partial charge in [0.2, 0.25) is 5.91 Å². The first-order chi connectivity index (χ1) is 12.1. The van der Waals surface area contributed by atoms with Gasteiger partial charge in [0.05, 0.1) is 26.2 Å². The largest absolute Gasteiger partial charge is 0.493 e. The highest BCUT2D eigenvalue weighted by Crippen LogP contribution is 2.39. The van der Waals surface area contributed by atoms with Crippen molar-refractivity contribution < 1.29 is 24.1 Å². The van der Waals surface area contributed by atoms with Crippen LogP contribution in [0.3, 0.4) is 0 Å². The van der Waals surface area contributed by atoms with Crippen LogP contribution in [0, 0.1) is 11.8 Å². The van der Waals surface area contributed by atoms with E-state index in [0.717, 1.165) is 19.5 Å². The SMILES string of the molecule is COCCC(=O)N1C[C@H]2C[C@@H](Oc3ccccc3OC)[C@H](O)C[C@H]2C1. The van der Waals surface area contributed by atoms with Gasteiger partial charge in [0.1, 0.15) is 6.10 Å². The number of carbonyl (C=O) groups excluding carboxylic acids is 1. The maximum absolute atomic E-state index is 12.2. The topological polar surface area (TPSA) is 68.2 Å². The average molecular weight is 349 g/mol. The lowest BCUT2D eigenvalue weighted by atomic mass is 9.78. The first kappa shape index (κ1) is 18.0. The number of hydrogen-bond acceptors (Lipinski definition) is 5. The molecule has 25 heavy (non-hydrogen) atoms. The molecule has 0 spiro atoms. The van der Waals surface area contributed by atoms with Crippen molar-refractivity contribution in [3.63, 3.8) is 0 Å². The maximum Gasteiger partial charge on any atom is 0.224 e. The number of methoxy groups -OCH3 is 2. The standard InChI is InChI=1S/C19H27NO5/c1-23-8-7-19(22)20-11-13-9-15(21)18(10-14(13)12-20)25-17-6-4-3-5-16(17)24-2/h3-6,13-15,18,21H,7-12H2,1-2H3/t13-,14+,15+,18+/m0/s1. The number of carbonyl (C=O) groups is 1. The number of aliphatic hydroxyl groups excluding tert-OH is 1. The number of benzene rings is 1. The molecule has 0 bridgehead atoms. The molecule has 1 aliphatic heterocycles. The molecule has 1 aromatic carbocycles. The summed E-state index contributed by atoms with van der Waals surface area (Å²) in [6.45, 7) is 1.92. The predicted octanol–water partition coefficient (Wildman–Crippen LogP) is 1.71. The van der Waals surface area contributed by atoms with Crippen molar-refractivity contribution in [1.29, 1.82) is 0 Å². The minimum atomic E-state index is -0.528. The second kappa shape index (κ2) is 8.06. The Hall–Kier alpha value is -1.79. The van der Waals surface area contributed by atoms with Crippen LogP contribution in [0.1, 0.15) is 19.3 Å². The van der Waals surface area contributed by atoms with Gasteiger partial charge in [0.25, 0.3) is 0 Å². The predicted molar refractivity (Wildman–Crippen MR) is 92.7 cm³/mol. The van der Waals surface area contributed by atoms with Crippen LogP contribution >= 0.6 is 0 Å². The number of nitrogens with zero attached hydrogens (tertiary/aromatic N) is 1. The molecule has 1 amide bonds. The molecule has 1 aromatic rings. The molecule has 6 nitrogen and oxygen atoms in total. The summed E-state index contributed by atoms with van der Waals surface area (Å²) in [6, 6.07) is 7.48. The summed E-state index contributed by atoms with van der Waals surface area (Å²) in [5.41, 5.74) is 0. The zero-order valence-electron chi connectivity index (χ0n) is 14.9. The molecule has 1 aliphatic carbocycles. The summed E-state index contributed by atoms with van der Waals surface area (Å²) in [5.74, 6) is 2.17. The van der Waals surface area contributed by atoms with Crippen LogP contribution in [-0.2, 0) is 9.53 Å². The monoisotopic (exact) mass is 349 g/mol. The second-order valence-corrected chi connectivity index (χ2v) is 6.91. The molecular formula is C19H27NO5. The van der Waals surface area contributed by atoms with E-state index in [1.54, 1.807) is 14.2 Å². The fourth-order valence-corrected chi connectivity index (χ4v) is 3.95. The van der Waals surface area contributed by atoms with Crippen molar-refractivity contribution in [2.45, 2.75) is 31.5 Å². The highest BCUT2D eigenvalue weighted by Gasteiger charge is 2.43. The van der Waals surface area contributed by atoms with E-state index in [1.165, 1.54) is 0 Å². The number of amides is 1. The first-order valence-corrected chi connectivity index (χ1v) is 8.86. The van der Waals surface area contributed by atoms with E-state index in [-0.39, 0.29) is 12.0 Å². The fraction of sp³-hybridized carbons (Fsp3) is 0.632. The number of hydrogen-bond donors (Lipinski definition) is 1. The van der Waals surface area contributed by atoms with Crippen molar-refractivity contribution in [2.75, 3.05) is 33.9 Å². The molecule has 0 radical (unpaired) electrons. The number of rotatable bonds is 6. The summed E-state index contributed by atoms with van der Waals surface area (Å²) in [5, 5.41) is 10.5. The van der Waals surface area contributed by atoms with Crippen LogP contribution < -0.4 is 9.47 Å². The Labute approximate surface area is 148 Å². The van der Waals surface area contributed by atoms with Crippen molar-refractivity contribution in [1.82, 2.24) is 4.90 Å². The van der Waals surface area contributed by atoms with E-state index < -0.39 is 6.10 Å². The third-order valence-electron chi connectivity index (χ3n) is 5.31. The number of para-hydroxylation sites is 2. The Kier molecular flexibility index (Phi) is 5.81. The number of ether oxygens (including phenoxy) is 3. The van der Waals surface area contributed by atoms with E-state index in [0.29, 0.717) is 42.8 Å². The van der Waals surface area contributed by atoms with Gasteiger partial charge in [0, 0.05) is 20.2 Å². The Morgan fingerprint density at radius 3 is 2.52 bits per heavy atom. The van der Waals surface area contributed by atoms with Gasteiger partial charge in [0.15, 0.2) is 11.5 Å². The van der Waals surface area contributed by atoms with Crippen LogP contribution in [0.2, 0.25) is 0 Å². The lowest BCUT2D eigenvalue weighted by molar-refractivity contribution is -0.131. The maximum atomic E-state index is 12.2. The first-order valence-electron chi connectivity index (χ1n) is 8.86. The Morgan fingerprint density at radius 1 is 1.16 bits per heavy atom. The Balaban J connectivity index is 1.62. The van der Waals surface area contributed by atoms with Gasteiger partial charge >= 0.3 is 0 Å². The minimum Gasteiger partial charge on any atom is -0.493 e. The van der Waals surface area contributed by atoms with Crippen molar-refractivity contribution in [3.05, 3.63) is 24.3 Å². The number of fused-ring (bicyclic) bond motifs is 1. The molecule has 3 rings (SSSR count). The average Bonchev–Trinajstić information content (AvgIpc) is 3.03. The number of likely N-dealkylation sites (tertiary alicyclic amines) is 1. The van der Waals surface area contributed by atoms with Gasteiger partial charge in [-0.05, 0) is 36.8 Å². The van der Waals surface area contributed by atoms with Gasteiger partial charge in [-0.25, -0.2) is 0 Å². The summed E-state index contributed by atoms with van der Waals surface area (Å²) in [7, 11) is 3.21. The molecule has 1 saturated carbocycles. The smallest absolute Gasteiger partial charge is 0.224 e. The third-order valence-corrected chi connectivity index (χ3v) is 5.31. The minimum absolute atomic E-state index is 0.132. The fourth-order valence-electron chi connectivity index (χ4n) is 3.95. The summed E-state index contributed by atoms with van der Waals surface area (Å²) in [4.78, 5) is 14.1. The van der Waals surface area contributed by atoms with Gasteiger partial charge < -0.3 is 24.2 Å². The molecule has 6 heteroatoms.